The molecule has 1 rings (SSSR count). The molecule has 0 aromatic heterocycles. The highest BCUT2D eigenvalue weighted by atomic mass is 28.3. The smallest absolute Gasteiger partial charge is 0.0720 e. The van der Waals surface area contributed by atoms with Crippen LogP contribution in [-0.4, -0.2) is 8.07 Å². The Morgan fingerprint density at radius 2 is 2.00 bits per heavy atom. The monoisotopic (exact) mass is 139 g/mol. The van der Waals surface area contributed by atoms with Crippen molar-refractivity contribution in [3.05, 3.63) is 17.7 Å². The van der Waals surface area contributed by atoms with Crippen molar-refractivity contribution in [2.45, 2.75) is 32.5 Å². The first kappa shape index (κ1) is 7.07. The second-order valence-electron chi connectivity index (χ2n) is 3.72. The summed E-state index contributed by atoms with van der Waals surface area (Å²) < 4.78 is 0. The molecule has 1 aliphatic rings. The van der Waals surface area contributed by atoms with E-state index < -0.39 is 8.07 Å². The lowest BCUT2D eigenvalue weighted by molar-refractivity contribution is 1.04. The van der Waals surface area contributed by atoms with Crippen LogP contribution in [0.2, 0.25) is 19.6 Å². The van der Waals surface area contributed by atoms with Crippen molar-refractivity contribution in [3.8, 4) is 0 Å². The van der Waals surface area contributed by atoms with E-state index in [0.717, 1.165) is 0 Å². The van der Waals surface area contributed by atoms with E-state index in [2.05, 4.69) is 32.1 Å². The molecule has 1 radical (unpaired) electrons. The fourth-order valence-corrected chi connectivity index (χ4v) is 2.68. The molecule has 0 atom stereocenters. The van der Waals surface area contributed by atoms with E-state index in [1.54, 1.807) is 5.20 Å². The van der Waals surface area contributed by atoms with Gasteiger partial charge in [0, 0.05) is 0 Å². The molecule has 0 heterocycles. The Morgan fingerprint density at radius 1 is 1.33 bits per heavy atom. The lowest BCUT2D eigenvalue weighted by Gasteiger charge is -2.16. The molecule has 0 spiro atoms. The Morgan fingerprint density at radius 3 is 2.22 bits per heavy atom. The zero-order chi connectivity index (χ0) is 6.91. The summed E-state index contributed by atoms with van der Waals surface area (Å²) in [7, 11) is -0.894. The molecule has 1 aliphatic carbocycles. The van der Waals surface area contributed by atoms with Crippen molar-refractivity contribution in [2.24, 2.45) is 0 Å². The van der Waals surface area contributed by atoms with Crippen LogP contribution in [0, 0.1) is 6.42 Å². The summed E-state index contributed by atoms with van der Waals surface area (Å²) in [6.07, 6.45) is 7.27. The molecule has 9 heavy (non-hydrogen) atoms. The first-order chi connectivity index (χ1) is 4.11. The third kappa shape index (κ3) is 1.68. The van der Waals surface area contributed by atoms with Crippen LogP contribution in [-0.2, 0) is 0 Å². The zero-order valence-electron chi connectivity index (χ0n) is 6.57. The van der Waals surface area contributed by atoms with Gasteiger partial charge in [0.15, 0.2) is 0 Å². The molecule has 0 unspecified atom stereocenters. The molecule has 0 fully saturated rings. The van der Waals surface area contributed by atoms with Gasteiger partial charge in [-0.3, -0.25) is 0 Å². The molecular formula is C8H15Si. The van der Waals surface area contributed by atoms with Crippen molar-refractivity contribution in [2.75, 3.05) is 0 Å². The van der Waals surface area contributed by atoms with Crippen LogP contribution in [0.25, 0.3) is 0 Å². The highest BCUT2D eigenvalue weighted by Crippen LogP contribution is 2.25. The summed E-state index contributed by atoms with van der Waals surface area (Å²) in [5, 5.41) is 1.74. The summed E-state index contributed by atoms with van der Waals surface area (Å²) in [5.41, 5.74) is 0. The summed E-state index contributed by atoms with van der Waals surface area (Å²) in [4.78, 5) is 0. The first-order valence-electron chi connectivity index (χ1n) is 3.63. The lowest BCUT2D eigenvalue weighted by atomic mass is 10.4. The van der Waals surface area contributed by atoms with E-state index >= 15 is 0 Å². The predicted octanol–water partition coefficient (Wildman–Crippen LogP) is 2.79. The van der Waals surface area contributed by atoms with Gasteiger partial charge in [-0.05, 0) is 19.3 Å². The van der Waals surface area contributed by atoms with Crippen molar-refractivity contribution in [1.29, 1.82) is 0 Å². The molecule has 0 N–H and O–H groups in total. The molecule has 0 saturated carbocycles. The standard InChI is InChI=1S/C8H15Si/c1-9(2,3)8-6-4-5-7-8/h4,6H,5,7H2,1-3H3. The molecule has 0 aliphatic heterocycles. The Kier molecular flexibility index (Phi) is 1.80. The second kappa shape index (κ2) is 2.29. The Bertz CT molecular complexity index is 128. The Balaban J connectivity index is 2.61. The fraction of sp³-hybridized carbons (Fsp3) is 0.625. The third-order valence-corrected chi connectivity index (χ3v) is 4.21. The van der Waals surface area contributed by atoms with Gasteiger partial charge < -0.3 is 0 Å². The molecular weight excluding hydrogens is 124 g/mol. The molecule has 0 nitrogen and oxygen atoms in total. The summed E-state index contributed by atoms with van der Waals surface area (Å²) in [5.74, 6) is 0. The lowest BCUT2D eigenvalue weighted by Crippen LogP contribution is -2.22. The highest BCUT2D eigenvalue weighted by molar-refractivity contribution is 6.83. The second-order valence-corrected chi connectivity index (χ2v) is 8.86. The van der Waals surface area contributed by atoms with Crippen molar-refractivity contribution in [1.82, 2.24) is 0 Å². The molecule has 1 heteroatoms. The van der Waals surface area contributed by atoms with Gasteiger partial charge in [0.2, 0.25) is 0 Å². The number of hydrogen-bond donors (Lipinski definition) is 0. The normalized spacial score (nSPS) is 20.1. The van der Waals surface area contributed by atoms with E-state index in [4.69, 9.17) is 0 Å². The Labute approximate surface area is 59.0 Å². The summed E-state index contributed by atoms with van der Waals surface area (Å²) in [6, 6.07) is 0. The first-order valence-corrected chi connectivity index (χ1v) is 7.13. The van der Waals surface area contributed by atoms with Gasteiger partial charge in [0.1, 0.15) is 0 Å². The van der Waals surface area contributed by atoms with Crippen molar-refractivity contribution in [3.63, 3.8) is 0 Å². The fourth-order valence-electron chi connectivity index (χ4n) is 1.17. The SMILES string of the molecule is C[Si](C)(C)C1=C[CH]CC1. The van der Waals surface area contributed by atoms with Gasteiger partial charge in [0.25, 0.3) is 0 Å². The maximum Gasteiger partial charge on any atom is 0.0720 e. The number of rotatable bonds is 1. The molecule has 0 amide bonds. The van der Waals surface area contributed by atoms with Crippen LogP contribution in [0.15, 0.2) is 11.3 Å². The van der Waals surface area contributed by atoms with Crippen molar-refractivity contribution < 1.29 is 0 Å². The molecule has 0 saturated heterocycles. The van der Waals surface area contributed by atoms with Crippen LogP contribution >= 0.6 is 0 Å². The largest absolute Gasteiger partial charge is 0.0855 e. The maximum atomic E-state index is 2.41. The minimum absolute atomic E-state index is 0.894. The topological polar surface area (TPSA) is 0 Å². The summed E-state index contributed by atoms with van der Waals surface area (Å²) >= 11 is 0. The molecule has 51 valence electrons. The van der Waals surface area contributed by atoms with Crippen LogP contribution in [0.3, 0.4) is 0 Å². The van der Waals surface area contributed by atoms with E-state index in [0.29, 0.717) is 0 Å². The predicted molar refractivity (Wildman–Crippen MR) is 45.0 cm³/mol. The molecule has 0 bridgehead atoms. The van der Waals surface area contributed by atoms with Crippen LogP contribution in [0.5, 0.6) is 0 Å². The maximum absolute atomic E-state index is 2.41. The average molecular weight is 139 g/mol. The van der Waals surface area contributed by atoms with Gasteiger partial charge in [-0.1, -0.05) is 30.9 Å². The molecule has 0 aromatic rings. The minimum Gasteiger partial charge on any atom is -0.0855 e. The van der Waals surface area contributed by atoms with Gasteiger partial charge in [-0.25, -0.2) is 0 Å². The van der Waals surface area contributed by atoms with E-state index in [-0.39, 0.29) is 0 Å². The van der Waals surface area contributed by atoms with Crippen LogP contribution < -0.4 is 0 Å². The van der Waals surface area contributed by atoms with Gasteiger partial charge in [-0.15, -0.1) is 0 Å². The van der Waals surface area contributed by atoms with Crippen molar-refractivity contribution >= 4 is 8.07 Å². The van der Waals surface area contributed by atoms with Gasteiger partial charge >= 0.3 is 0 Å². The van der Waals surface area contributed by atoms with Crippen LogP contribution in [0.4, 0.5) is 0 Å². The van der Waals surface area contributed by atoms with Gasteiger partial charge in [-0.2, -0.15) is 0 Å². The van der Waals surface area contributed by atoms with Crippen LogP contribution in [0.1, 0.15) is 12.8 Å². The molecule has 0 aromatic carbocycles. The zero-order valence-corrected chi connectivity index (χ0v) is 7.57. The van der Waals surface area contributed by atoms with E-state index in [1.165, 1.54) is 12.8 Å². The minimum atomic E-state index is -0.894. The summed E-state index contributed by atoms with van der Waals surface area (Å²) in [6.45, 7) is 7.24. The Hall–Kier alpha value is -0.0431. The van der Waals surface area contributed by atoms with Gasteiger partial charge in [0.05, 0.1) is 8.07 Å². The third-order valence-electron chi connectivity index (χ3n) is 1.86. The average Bonchev–Trinajstić information content (AvgIpc) is 2.08. The number of allylic oxidation sites excluding steroid dienone is 2. The highest BCUT2D eigenvalue weighted by Gasteiger charge is 2.20. The van der Waals surface area contributed by atoms with E-state index in [1.807, 2.05) is 0 Å². The van der Waals surface area contributed by atoms with E-state index in [9.17, 15) is 0 Å². The quantitative estimate of drug-likeness (QED) is 0.490. The number of hydrogen-bond acceptors (Lipinski definition) is 0.